The van der Waals surface area contributed by atoms with Crippen molar-refractivity contribution in [2.75, 3.05) is 0 Å². The second-order valence-electron chi connectivity index (χ2n) is 6.67. The summed E-state index contributed by atoms with van der Waals surface area (Å²) in [5.74, 6) is 0.127. The number of ketones is 1. The van der Waals surface area contributed by atoms with Crippen LogP contribution in [0.5, 0.6) is 0 Å². The maximum atomic E-state index is 12.5. The number of aliphatic hydroxyl groups excluding tert-OH is 1. The number of aryl methyl sites for hydroxylation is 2. The van der Waals surface area contributed by atoms with E-state index in [2.05, 4.69) is 12.1 Å². The first kappa shape index (κ1) is 17.4. The van der Waals surface area contributed by atoms with Crippen LogP contribution in [0.3, 0.4) is 0 Å². The number of hydrogen-bond donors (Lipinski definition) is 1. The van der Waals surface area contributed by atoms with Crippen LogP contribution in [0, 0.1) is 5.41 Å². The second kappa shape index (κ2) is 8.07. The van der Waals surface area contributed by atoms with Gasteiger partial charge in [-0.2, -0.15) is 0 Å². The smallest absolute Gasteiger partial charge is 0.141 e. The zero-order chi connectivity index (χ0) is 16.7. The Hall–Kier alpha value is -1.93. The monoisotopic (exact) mass is 310 g/mol. The second-order valence-corrected chi connectivity index (χ2v) is 6.67. The molecule has 0 fully saturated rings. The van der Waals surface area contributed by atoms with Gasteiger partial charge in [-0.25, -0.2) is 0 Å². The number of carbonyl (C=O) groups is 1. The van der Waals surface area contributed by atoms with Crippen LogP contribution >= 0.6 is 0 Å². The fourth-order valence-electron chi connectivity index (χ4n) is 2.72. The highest BCUT2D eigenvalue weighted by Crippen LogP contribution is 2.27. The van der Waals surface area contributed by atoms with E-state index < -0.39 is 11.5 Å². The summed E-state index contributed by atoms with van der Waals surface area (Å²) >= 11 is 0. The molecule has 2 rings (SSSR count). The molecule has 0 amide bonds. The fourth-order valence-corrected chi connectivity index (χ4v) is 2.72. The molecule has 1 atom stereocenters. The molecule has 0 radical (unpaired) electrons. The third kappa shape index (κ3) is 5.04. The average molecular weight is 310 g/mol. The third-order valence-electron chi connectivity index (χ3n) is 4.58. The zero-order valence-electron chi connectivity index (χ0n) is 14.0. The lowest BCUT2D eigenvalue weighted by molar-refractivity contribution is -0.133. The van der Waals surface area contributed by atoms with Crippen molar-refractivity contribution in [3.05, 3.63) is 71.8 Å². The van der Waals surface area contributed by atoms with Crippen molar-refractivity contribution >= 4 is 5.78 Å². The molecular weight excluding hydrogens is 284 g/mol. The predicted octanol–water partition coefficient (Wildman–Crippen LogP) is 4.21. The molecule has 0 spiro atoms. The van der Waals surface area contributed by atoms with Gasteiger partial charge in [0.15, 0.2) is 0 Å². The SMILES string of the molecule is CC(C)(C(=O)CCc1ccccc1)C(O)CCc1ccccc1. The lowest BCUT2D eigenvalue weighted by Crippen LogP contribution is -2.37. The lowest BCUT2D eigenvalue weighted by atomic mass is 9.78. The number of Topliss-reactive ketones (excluding diaryl/α,β-unsaturated/α-hetero) is 1. The molecule has 23 heavy (non-hydrogen) atoms. The summed E-state index contributed by atoms with van der Waals surface area (Å²) in [5.41, 5.74) is 1.65. The van der Waals surface area contributed by atoms with Crippen molar-refractivity contribution in [1.82, 2.24) is 0 Å². The summed E-state index contributed by atoms with van der Waals surface area (Å²) in [6.07, 6.45) is 1.98. The average Bonchev–Trinajstić information content (AvgIpc) is 2.59. The van der Waals surface area contributed by atoms with Gasteiger partial charge in [0.2, 0.25) is 0 Å². The standard InChI is InChI=1S/C21H26O2/c1-21(2,19(22)15-13-17-9-5-3-6-10-17)20(23)16-14-18-11-7-4-8-12-18/h3-12,19,22H,13-16H2,1-2H3. The van der Waals surface area contributed by atoms with Crippen LogP contribution in [0.15, 0.2) is 60.7 Å². The van der Waals surface area contributed by atoms with E-state index in [1.165, 1.54) is 5.56 Å². The molecule has 2 aromatic carbocycles. The van der Waals surface area contributed by atoms with Crippen LogP contribution in [-0.4, -0.2) is 17.0 Å². The molecule has 0 aliphatic heterocycles. The molecule has 0 aliphatic rings. The summed E-state index contributed by atoms with van der Waals surface area (Å²) < 4.78 is 0. The van der Waals surface area contributed by atoms with Crippen LogP contribution in [0.25, 0.3) is 0 Å². The van der Waals surface area contributed by atoms with E-state index in [1.807, 2.05) is 62.4 Å². The normalized spacial score (nSPS) is 12.8. The molecule has 0 saturated carbocycles. The Balaban J connectivity index is 1.87. The molecule has 0 bridgehead atoms. The van der Waals surface area contributed by atoms with Crippen LogP contribution in [0.2, 0.25) is 0 Å². The fraction of sp³-hybridized carbons (Fsp3) is 0.381. The van der Waals surface area contributed by atoms with Crippen molar-refractivity contribution < 1.29 is 9.90 Å². The van der Waals surface area contributed by atoms with Gasteiger partial charge in [0.1, 0.15) is 5.78 Å². The van der Waals surface area contributed by atoms with Crippen LogP contribution in [-0.2, 0) is 17.6 Å². The van der Waals surface area contributed by atoms with Crippen molar-refractivity contribution in [1.29, 1.82) is 0 Å². The van der Waals surface area contributed by atoms with Crippen molar-refractivity contribution in [2.24, 2.45) is 5.41 Å². The number of benzene rings is 2. The van der Waals surface area contributed by atoms with Gasteiger partial charge in [0, 0.05) is 11.8 Å². The Bertz CT molecular complexity index is 602. The quantitative estimate of drug-likeness (QED) is 0.793. The molecule has 0 saturated heterocycles. The summed E-state index contributed by atoms with van der Waals surface area (Å²) in [6, 6.07) is 20.1. The first-order chi connectivity index (χ1) is 11.0. The Morgan fingerprint density at radius 2 is 1.39 bits per heavy atom. The first-order valence-corrected chi connectivity index (χ1v) is 8.29. The predicted molar refractivity (Wildman–Crippen MR) is 94.3 cm³/mol. The molecule has 2 aromatic rings. The number of rotatable bonds is 8. The Morgan fingerprint density at radius 1 is 0.913 bits per heavy atom. The van der Waals surface area contributed by atoms with Crippen LogP contribution in [0.1, 0.15) is 37.8 Å². The molecule has 0 aliphatic carbocycles. The van der Waals surface area contributed by atoms with Gasteiger partial charge in [-0.3, -0.25) is 4.79 Å². The van der Waals surface area contributed by atoms with E-state index in [-0.39, 0.29) is 5.78 Å². The molecule has 1 N–H and O–H groups in total. The largest absolute Gasteiger partial charge is 0.392 e. The molecule has 0 heterocycles. The van der Waals surface area contributed by atoms with Gasteiger partial charge in [-0.1, -0.05) is 74.5 Å². The summed E-state index contributed by atoms with van der Waals surface area (Å²) in [4.78, 5) is 12.5. The van der Waals surface area contributed by atoms with Crippen LogP contribution in [0.4, 0.5) is 0 Å². The van der Waals surface area contributed by atoms with E-state index in [0.717, 1.165) is 18.4 Å². The van der Waals surface area contributed by atoms with Gasteiger partial charge in [0.05, 0.1) is 6.10 Å². The Labute approximate surface area is 139 Å². The Morgan fingerprint density at radius 3 is 1.91 bits per heavy atom. The molecular formula is C21H26O2. The minimum atomic E-state index is -0.705. The van der Waals surface area contributed by atoms with Crippen LogP contribution < -0.4 is 0 Å². The molecule has 122 valence electrons. The summed E-state index contributed by atoms with van der Waals surface area (Å²) in [6.45, 7) is 3.71. The lowest BCUT2D eigenvalue weighted by Gasteiger charge is -2.29. The topological polar surface area (TPSA) is 37.3 Å². The Kier molecular flexibility index (Phi) is 6.12. The van der Waals surface area contributed by atoms with E-state index in [1.54, 1.807) is 0 Å². The highest BCUT2D eigenvalue weighted by Gasteiger charge is 2.34. The molecule has 2 heteroatoms. The van der Waals surface area contributed by atoms with E-state index in [0.29, 0.717) is 12.8 Å². The van der Waals surface area contributed by atoms with E-state index >= 15 is 0 Å². The third-order valence-corrected chi connectivity index (χ3v) is 4.58. The summed E-state index contributed by atoms with van der Waals surface area (Å²) in [7, 11) is 0. The number of aliphatic hydroxyl groups is 1. The van der Waals surface area contributed by atoms with Crippen molar-refractivity contribution in [3.63, 3.8) is 0 Å². The highest BCUT2D eigenvalue weighted by molar-refractivity contribution is 5.84. The zero-order valence-corrected chi connectivity index (χ0v) is 14.0. The maximum absolute atomic E-state index is 12.5. The molecule has 2 nitrogen and oxygen atoms in total. The maximum Gasteiger partial charge on any atom is 0.141 e. The van der Waals surface area contributed by atoms with Gasteiger partial charge in [-0.05, 0) is 30.4 Å². The summed E-state index contributed by atoms with van der Waals surface area (Å²) in [5, 5.41) is 10.5. The molecule has 1 unspecified atom stereocenters. The minimum absolute atomic E-state index is 0.127. The van der Waals surface area contributed by atoms with Gasteiger partial charge in [0.25, 0.3) is 0 Å². The van der Waals surface area contributed by atoms with E-state index in [9.17, 15) is 9.90 Å². The van der Waals surface area contributed by atoms with Gasteiger partial charge in [-0.15, -0.1) is 0 Å². The van der Waals surface area contributed by atoms with Gasteiger partial charge >= 0.3 is 0 Å². The highest BCUT2D eigenvalue weighted by atomic mass is 16.3. The number of hydrogen-bond acceptors (Lipinski definition) is 2. The molecule has 0 aromatic heterocycles. The van der Waals surface area contributed by atoms with Crippen molar-refractivity contribution in [3.8, 4) is 0 Å². The number of carbonyl (C=O) groups excluding carboxylic acids is 1. The van der Waals surface area contributed by atoms with Gasteiger partial charge < -0.3 is 5.11 Å². The first-order valence-electron chi connectivity index (χ1n) is 8.29. The van der Waals surface area contributed by atoms with E-state index in [4.69, 9.17) is 0 Å². The van der Waals surface area contributed by atoms with Crippen molar-refractivity contribution in [2.45, 2.75) is 45.6 Å². The minimum Gasteiger partial charge on any atom is -0.392 e.